The normalized spacial score (nSPS) is 9.50. The van der Waals surface area contributed by atoms with E-state index in [4.69, 9.17) is 5.73 Å². The van der Waals surface area contributed by atoms with Gasteiger partial charge >= 0.3 is 5.97 Å². The monoisotopic (exact) mass is 116 g/mol. The van der Waals surface area contributed by atoms with Crippen LogP contribution in [-0.4, -0.2) is 12.6 Å². The van der Waals surface area contributed by atoms with Gasteiger partial charge in [0.15, 0.2) is 0 Å². The summed E-state index contributed by atoms with van der Waals surface area (Å²) in [5, 5.41) is 0. The second kappa shape index (κ2) is 3.43. The van der Waals surface area contributed by atoms with Crippen molar-refractivity contribution >= 4 is 5.97 Å². The van der Waals surface area contributed by atoms with Gasteiger partial charge in [-0.3, -0.25) is 0 Å². The van der Waals surface area contributed by atoms with Gasteiger partial charge in [0.25, 0.3) is 0 Å². The lowest BCUT2D eigenvalue weighted by molar-refractivity contribution is -0.140. The van der Waals surface area contributed by atoms with Crippen molar-refractivity contribution in [3.8, 4) is 0 Å². The van der Waals surface area contributed by atoms with Gasteiger partial charge in [0.1, 0.15) is 6.04 Å². The predicted octanol–water partition coefficient (Wildman–Crippen LogP) is 0.0601. The maximum absolute atomic E-state index is 10.4. The maximum Gasteiger partial charge on any atom is 0.328 e. The molecule has 3 nitrogen and oxygen atoms in total. The average Bonchev–Trinajstić information content (AvgIpc) is 1.67. The average molecular weight is 116 g/mol. The minimum absolute atomic E-state index is 0.201. The summed E-state index contributed by atoms with van der Waals surface area (Å²) in [6.07, 6.45) is 0. The number of rotatable bonds is 2. The fraction of sp³-hybridized carbons (Fsp3) is 0.600. The lowest BCUT2D eigenvalue weighted by atomic mass is 10.4. The van der Waals surface area contributed by atoms with E-state index in [0.29, 0.717) is 6.61 Å². The quantitative estimate of drug-likeness (QED) is 0.519. The first-order chi connectivity index (χ1) is 3.68. The number of hydrogen-bond donors (Lipinski definition) is 1. The van der Waals surface area contributed by atoms with Crippen molar-refractivity contribution < 1.29 is 9.53 Å². The number of carbonyl (C=O) groups is 1. The number of esters is 1. The molecule has 0 aromatic rings. The van der Waals surface area contributed by atoms with Crippen LogP contribution in [0, 0.1) is 6.04 Å². The van der Waals surface area contributed by atoms with Gasteiger partial charge in [0, 0.05) is 0 Å². The van der Waals surface area contributed by atoms with E-state index in [1.165, 1.54) is 6.92 Å². The molecule has 0 aromatic carbocycles. The van der Waals surface area contributed by atoms with Crippen LogP contribution >= 0.6 is 0 Å². The molecule has 0 saturated heterocycles. The zero-order chi connectivity index (χ0) is 6.57. The van der Waals surface area contributed by atoms with Crippen molar-refractivity contribution in [2.45, 2.75) is 13.8 Å². The molecule has 0 spiro atoms. The summed E-state index contributed by atoms with van der Waals surface area (Å²) in [6, 6.07) is 0.201. The van der Waals surface area contributed by atoms with Crippen molar-refractivity contribution in [3.63, 3.8) is 0 Å². The fourth-order valence-electron chi connectivity index (χ4n) is 0.245. The zero-order valence-electron chi connectivity index (χ0n) is 5.10. The van der Waals surface area contributed by atoms with E-state index in [1.54, 1.807) is 6.92 Å². The van der Waals surface area contributed by atoms with Gasteiger partial charge in [0.2, 0.25) is 0 Å². The van der Waals surface area contributed by atoms with Crippen molar-refractivity contribution in [3.05, 3.63) is 6.04 Å². The summed E-state index contributed by atoms with van der Waals surface area (Å²) in [6.45, 7) is 3.63. The molecular formula is C5H10NO2. The van der Waals surface area contributed by atoms with Crippen LogP contribution in [-0.2, 0) is 9.53 Å². The first kappa shape index (κ1) is 7.43. The fourth-order valence-corrected chi connectivity index (χ4v) is 0.245. The topological polar surface area (TPSA) is 52.3 Å². The van der Waals surface area contributed by atoms with E-state index in [2.05, 4.69) is 4.74 Å². The minimum atomic E-state index is -0.424. The molecule has 0 aliphatic heterocycles. The second-order valence-electron chi connectivity index (χ2n) is 1.40. The largest absolute Gasteiger partial charge is 0.465 e. The number of nitrogens with two attached hydrogens (primary N) is 1. The Balaban J connectivity index is 3.33. The van der Waals surface area contributed by atoms with Crippen LogP contribution in [0.1, 0.15) is 13.8 Å². The lowest BCUT2D eigenvalue weighted by Gasteiger charge is -2.01. The Morgan fingerprint density at radius 2 is 2.25 bits per heavy atom. The van der Waals surface area contributed by atoms with E-state index in [0.717, 1.165) is 0 Å². The molecule has 0 heterocycles. The highest BCUT2D eigenvalue weighted by Crippen LogP contribution is 1.88. The molecule has 47 valence electrons. The molecule has 0 aromatic heterocycles. The van der Waals surface area contributed by atoms with Crippen LogP contribution in [0.2, 0.25) is 0 Å². The van der Waals surface area contributed by atoms with E-state index in [9.17, 15) is 4.79 Å². The second-order valence-corrected chi connectivity index (χ2v) is 1.40. The standard InChI is InChI=1S/C5H10NO2/c1-3-8-5(7)4(2)6/h3,6H2,1-2H3. The highest BCUT2D eigenvalue weighted by molar-refractivity contribution is 5.82. The molecule has 0 rings (SSSR count). The molecule has 1 radical (unpaired) electrons. The SMILES string of the molecule is CCOC(=O)[C](C)N. The Hall–Kier alpha value is -0.570. The van der Waals surface area contributed by atoms with Crippen LogP contribution in [0.3, 0.4) is 0 Å². The third-order valence-corrected chi connectivity index (χ3v) is 0.597. The van der Waals surface area contributed by atoms with Gasteiger partial charge in [-0.15, -0.1) is 0 Å². The van der Waals surface area contributed by atoms with Gasteiger partial charge in [-0.25, -0.2) is 4.79 Å². The first-order valence-corrected chi connectivity index (χ1v) is 2.44. The lowest BCUT2D eigenvalue weighted by Crippen LogP contribution is -2.19. The van der Waals surface area contributed by atoms with Gasteiger partial charge in [-0.1, -0.05) is 0 Å². The predicted molar refractivity (Wildman–Crippen MR) is 29.7 cm³/mol. The molecule has 3 heteroatoms. The van der Waals surface area contributed by atoms with Crippen molar-refractivity contribution in [2.24, 2.45) is 5.73 Å². The Morgan fingerprint density at radius 3 is 2.38 bits per heavy atom. The van der Waals surface area contributed by atoms with Crippen LogP contribution in [0.15, 0.2) is 0 Å². The summed E-state index contributed by atoms with van der Waals surface area (Å²) in [5.41, 5.74) is 5.06. The van der Waals surface area contributed by atoms with Gasteiger partial charge in [-0.2, -0.15) is 0 Å². The number of hydrogen-bond acceptors (Lipinski definition) is 3. The summed E-state index contributed by atoms with van der Waals surface area (Å²) in [5.74, 6) is -0.424. The molecule has 0 atom stereocenters. The summed E-state index contributed by atoms with van der Waals surface area (Å²) in [7, 11) is 0. The third-order valence-electron chi connectivity index (χ3n) is 0.597. The summed E-state index contributed by atoms with van der Waals surface area (Å²) < 4.78 is 4.50. The molecule has 2 N–H and O–H groups in total. The molecular weight excluding hydrogens is 106 g/mol. The Labute approximate surface area is 48.8 Å². The van der Waals surface area contributed by atoms with Gasteiger partial charge in [0.05, 0.1) is 6.61 Å². The van der Waals surface area contributed by atoms with Crippen LogP contribution in [0.5, 0.6) is 0 Å². The Kier molecular flexibility index (Phi) is 3.19. The third kappa shape index (κ3) is 2.58. The highest BCUT2D eigenvalue weighted by Gasteiger charge is 2.06. The van der Waals surface area contributed by atoms with E-state index >= 15 is 0 Å². The molecule has 0 fully saturated rings. The van der Waals surface area contributed by atoms with E-state index < -0.39 is 5.97 Å². The zero-order valence-corrected chi connectivity index (χ0v) is 5.10. The summed E-state index contributed by atoms with van der Waals surface area (Å²) >= 11 is 0. The molecule has 0 saturated carbocycles. The Bertz CT molecular complexity index is 80.5. The van der Waals surface area contributed by atoms with Crippen molar-refractivity contribution in [1.82, 2.24) is 0 Å². The van der Waals surface area contributed by atoms with Crippen molar-refractivity contribution in [1.29, 1.82) is 0 Å². The van der Waals surface area contributed by atoms with Crippen LogP contribution < -0.4 is 5.73 Å². The number of carbonyl (C=O) groups excluding carboxylic acids is 1. The molecule has 8 heavy (non-hydrogen) atoms. The maximum atomic E-state index is 10.4. The smallest absolute Gasteiger partial charge is 0.328 e. The van der Waals surface area contributed by atoms with Crippen molar-refractivity contribution in [2.75, 3.05) is 6.61 Å². The molecule has 0 aliphatic carbocycles. The van der Waals surface area contributed by atoms with E-state index in [-0.39, 0.29) is 6.04 Å². The highest BCUT2D eigenvalue weighted by atomic mass is 16.5. The first-order valence-electron chi connectivity index (χ1n) is 2.44. The van der Waals surface area contributed by atoms with Gasteiger partial charge in [-0.05, 0) is 13.8 Å². The van der Waals surface area contributed by atoms with Gasteiger partial charge < -0.3 is 10.5 Å². The Morgan fingerprint density at radius 1 is 1.75 bits per heavy atom. The molecule has 0 unspecified atom stereocenters. The van der Waals surface area contributed by atoms with Crippen LogP contribution in [0.25, 0.3) is 0 Å². The van der Waals surface area contributed by atoms with E-state index in [1.807, 2.05) is 0 Å². The van der Waals surface area contributed by atoms with Crippen LogP contribution in [0.4, 0.5) is 0 Å². The molecule has 0 aliphatic rings. The summed E-state index contributed by atoms with van der Waals surface area (Å²) in [4.78, 5) is 10.4. The molecule has 0 bridgehead atoms. The minimum Gasteiger partial charge on any atom is -0.465 e. The number of ether oxygens (including phenoxy) is 1. The molecule has 0 amide bonds.